The van der Waals surface area contributed by atoms with Crippen molar-refractivity contribution in [3.8, 4) is 0 Å². The van der Waals surface area contributed by atoms with Crippen LogP contribution in [0.15, 0.2) is 35.5 Å². The molecule has 0 amide bonds. The van der Waals surface area contributed by atoms with E-state index >= 15 is 0 Å². The lowest BCUT2D eigenvalue weighted by Crippen LogP contribution is -2.33. The molecular formula is C22H28N4OS2. The Bertz CT molecular complexity index is 922. The Kier molecular flexibility index (Phi) is 5.90. The smallest absolute Gasteiger partial charge is 0.191 e. The van der Waals surface area contributed by atoms with E-state index in [9.17, 15) is 0 Å². The van der Waals surface area contributed by atoms with Crippen LogP contribution in [0.5, 0.6) is 0 Å². The highest BCUT2D eigenvalue weighted by Crippen LogP contribution is 2.32. The quantitative estimate of drug-likeness (QED) is 0.533. The molecule has 0 aliphatic carbocycles. The Hall–Kier alpha value is -1.41. The summed E-state index contributed by atoms with van der Waals surface area (Å²) in [4.78, 5) is 4.06. The summed E-state index contributed by atoms with van der Waals surface area (Å²) in [6.07, 6.45) is 5.07. The number of benzene rings is 1. The zero-order chi connectivity index (χ0) is 19.6. The first-order chi connectivity index (χ1) is 14.3. The van der Waals surface area contributed by atoms with E-state index in [0.717, 1.165) is 55.8 Å². The van der Waals surface area contributed by atoms with Gasteiger partial charge < -0.3 is 9.30 Å². The minimum Gasteiger partial charge on any atom is -0.377 e. The van der Waals surface area contributed by atoms with E-state index in [1.165, 1.54) is 27.8 Å². The van der Waals surface area contributed by atoms with Crippen LogP contribution in [0.25, 0.3) is 10.1 Å². The molecule has 5 rings (SSSR count). The minimum atomic E-state index is 0.386. The van der Waals surface area contributed by atoms with E-state index in [4.69, 9.17) is 4.74 Å². The zero-order valence-electron chi connectivity index (χ0n) is 16.9. The molecule has 0 spiro atoms. The number of hydrogen-bond donors (Lipinski definition) is 0. The molecule has 1 atom stereocenters. The molecule has 0 bridgehead atoms. The van der Waals surface area contributed by atoms with E-state index in [-0.39, 0.29) is 0 Å². The van der Waals surface area contributed by atoms with Crippen molar-refractivity contribution in [3.05, 3.63) is 41.0 Å². The largest absolute Gasteiger partial charge is 0.377 e. The zero-order valence-corrected chi connectivity index (χ0v) is 18.6. The standard InChI is InChI=1S/C22H28N4OS2/c1-25-21(23-24-22(25)28-15-18-6-4-12-27-18)16-8-10-26(11-9-16)14-19-13-17-5-2-3-7-20(17)29-19/h2-3,5,7,13,16,18H,4,6,8-12,14-15H2,1H3. The lowest BCUT2D eigenvalue weighted by Gasteiger charge is -2.31. The van der Waals surface area contributed by atoms with Crippen LogP contribution < -0.4 is 0 Å². The predicted molar refractivity (Wildman–Crippen MR) is 120 cm³/mol. The van der Waals surface area contributed by atoms with E-state index in [1.807, 2.05) is 11.3 Å². The van der Waals surface area contributed by atoms with Gasteiger partial charge in [-0.2, -0.15) is 0 Å². The second-order valence-corrected chi connectivity index (χ2v) is 10.3. The van der Waals surface area contributed by atoms with Crippen molar-refractivity contribution in [3.63, 3.8) is 0 Å². The summed E-state index contributed by atoms with van der Waals surface area (Å²) in [5, 5.41) is 11.4. The van der Waals surface area contributed by atoms with Crippen LogP contribution in [0.1, 0.15) is 42.3 Å². The number of hydrogen-bond acceptors (Lipinski definition) is 6. The van der Waals surface area contributed by atoms with E-state index in [2.05, 4.69) is 57.0 Å². The van der Waals surface area contributed by atoms with E-state index in [0.29, 0.717) is 12.0 Å². The Labute approximate surface area is 180 Å². The molecule has 5 nitrogen and oxygen atoms in total. The van der Waals surface area contributed by atoms with Gasteiger partial charge in [-0.05, 0) is 56.3 Å². The molecule has 4 heterocycles. The van der Waals surface area contributed by atoms with Crippen LogP contribution in [0.3, 0.4) is 0 Å². The maximum Gasteiger partial charge on any atom is 0.191 e. The number of rotatable bonds is 6. The fourth-order valence-electron chi connectivity index (χ4n) is 4.44. The second-order valence-electron chi connectivity index (χ2n) is 8.15. The molecule has 3 aromatic rings. The molecular weight excluding hydrogens is 400 g/mol. The number of ether oxygens (including phenoxy) is 1. The van der Waals surface area contributed by atoms with Gasteiger partial charge in [0.1, 0.15) is 5.82 Å². The number of piperidine rings is 1. The van der Waals surface area contributed by atoms with Gasteiger partial charge in [0.15, 0.2) is 5.16 Å². The molecule has 1 unspecified atom stereocenters. The molecule has 0 radical (unpaired) electrons. The summed E-state index contributed by atoms with van der Waals surface area (Å²) in [7, 11) is 2.12. The summed E-state index contributed by atoms with van der Waals surface area (Å²) < 4.78 is 9.34. The van der Waals surface area contributed by atoms with Crippen LogP contribution in [0, 0.1) is 0 Å². The molecule has 2 fully saturated rings. The van der Waals surface area contributed by atoms with Crippen molar-refractivity contribution >= 4 is 33.2 Å². The van der Waals surface area contributed by atoms with Gasteiger partial charge in [0.2, 0.25) is 0 Å². The molecule has 1 aromatic carbocycles. The molecule has 29 heavy (non-hydrogen) atoms. The molecule has 2 aliphatic heterocycles. The number of aromatic nitrogens is 3. The van der Waals surface area contributed by atoms with Gasteiger partial charge in [0.05, 0.1) is 6.10 Å². The van der Waals surface area contributed by atoms with Crippen LogP contribution in [-0.4, -0.2) is 51.2 Å². The van der Waals surface area contributed by atoms with E-state index < -0.39 is 0 Å². The van der Waals surface area contributed by atoms with Gasteiger partial charge in [0.25, 0.3) is 0 Å². The van der Waals surface area contributed by atoms with Gasteiger partial charge in [-0.15, -0.1) is 21.5 Å². The summed E-state index contributed by atoms with van der Waals surface area (Å²) in [5.41, 5.74) is 0. The third-order valence-electron chi connectivity index (χ3n) is 6.10. The van der Waals surface area contributed by atoms with Crippen molar-refractivity contribution in [2.45, 2.75) is 49.4 Å². The number of thiophene rings is 1. The summed E-state index contributed by atoms with van der Waals surface area (Å²) in [6, 6.07) is 11.0. The maximum atomic E-state index is 5.73. The van der Waals surface area contributed by atoms with Gasteiger partial charge in [-0.3, -0.25) is 4.90 Å². The summed E-state index contributed by atoms with van der Waals surface area (Å²) in [6.45, 7) is 4.23. The lowest BCUT2D eigenvalue weighted by atomic mass is 9.96. The topological polar surface area (TPSA) is 43.2 Å². The molecule has 2 aromatic heterocycles. The third kappa shape index (κ3) is 4.38. The monoisotopic (exact) mass is 428 g/mol. The molecule has 2 aliphatic rings. The Morgan fingerprint density at radius 1 is 1.17 bits per heavy atom. The maximum absolute atomic E-state index is 5.73. The number of nitrogens with zero attached hydrogens (tertiary/aromatic N) is 4. The highest BCUT2D eigenvalue weighted by molar-refractivity contribution is 7.99. The Morgan fingerprint density at radius 3 is 2.83 bits per heavy atom. The first kappa shape index (κ1) is 19.5. The number of likely N-dealkylation sites (tertiary alicyclic amines) is 1. The van der Waals surface area contributed by atoms with Crippen molar-refractivity contribution in [1.82, 2.24) is 19.7 Å². The SMILES string of the molecule is Cn1c(SCC2CCCO2)nnc1C1CCN(Cc2cc3ccccc3s2)CC1. The van der Waals surface area contributed by atoms with Crippen molar-refractivity contribution < 1.29 is 4.74 Å². The second kappa shape index (κ2) is 8.76. The van der Waals surface area contributed by atoms with E-state index in [1.54, 1.807) is 11.8 Å². The lowest BCUT2D eigenvalue weighted by molar-refractivity contribution is 0.129. The van der Waals surface area contributed by atoms with Crippen molar-refractivity contribution in [2.24, 2.45) is 7.05 Å². The van der Waals surface area contributed by atoms with Crippen molar-refractivity contribution in [1.29, 1.82) is 0 Å². The Morgan fingerprint density at radius 2 is 2.03 bits per heavy atom. The first-order valence-corrected chi connectivity index (χ1v) is 12.4. The molecule has 154 valence electrons. The molecule has 0 saturated carbocycles. The average molecular weight is 429 g/mol. The number of thioether (sulfide) groups is 1. The van der Waals surface area contributed by atoms with Gasteiger partial charge in [0, 0.05) is 41.4 Å². The minimum absolute atomic E-state index is 0.386. The first-order valence-electron chi connectivity index (χ1n) is 10.6. The number of fused-ring (bicyclic) bond motifs is 1. The summed E-state index contributed by atoms with van der Waals surface area (Å²) >= 11 is 3.72. The summed E-state index contributed by atoms with van der Waals surface area (Å²) in [5.74, 6) is 2.66. The fourth-order valence-corrected chi connectivity index (χ4v) is 6.53. The van der Waals surface area contributed by atoms with Crippen LogP contribution >= 0.6 is 23.1 Å². The molecule has 7 heteroatoms. The van der Waals surface area contributed by atoms with Crippen LogP contribution in [-0.2, 0) is 18.3 Å². The fraction of sp³-hybridized carbons (Fsp3) is 0.545. The van der Waals surface area contributed by atoms with Gasteiger partial charge in [-0.25, -0.2) is 0 Å². The average Bonchev–Trinajstić information content (AvgIpc) is 3.47. The van der Waals surface area contributed by atoms with Gasteiger partial charge >= 0.3 is 0 Å². The highest BCUT2D eigenvalue weighted by Gasteiger charge is 2.26. The third-order valence-corrected chi connectivity index (χ3v) is 8.35. The molecule has 2 saturated heterocycles. The normalized spacial score (nSPS) is 21.3. The van der Waals surface area contributed by atoms with Gasteiger partial charge in [-0.1, -0.05) is 30.0 Å². The Balaban J connectivity index is 1.16. The highest BCUT2D eigenvalue weighted by atomic mass is 32.2. The predicted octanol–water partition coefficient (Wildman–Crippen LogP) is 4.68. The van der Waals surface area contributed by atoms with Crippen LogP contribution in [0.4, 0.5) is 0 Å². The molecule has 0 N–H and O–H groups in total. The van der Waals surface area contributed by atoms with Crippen LogP contribution in [0.2, 0.25) is 0 Å². The van der Waals surface area contributed by atoms with Crippen molar-refractivity contribution in [2.75, 3.05) is 25.4 Å².